The lowest BCUT2D eigenvalue weighted by atomic mass is 10.1. The molecular weight excluding hydrogens is 164 g/mol. The number of pyridine rings is 1. The van der Waals surface area contributed by atoms with Gasteiger partial charge in [0, 0.05) is 25.4 Å². The Morgan fingerprint density at radius 3 is 2.85 bits per heavy atom. The van der Waals surface area contributed by atoms with Gasteiger partial charge in [-0.15, -0.1) is 0 Å². The molecule has 1 aromatic rings. The van der Waals surface area contributed by atoms with Crippen LogP contribution in [0.15, 0.2) is 18.5 Å². The SMILES string of the molecule is OC1CCN(c2c[c]cnc2)CC1. The average molecular weight is 177 g/mol. The Morgan fingerprint density at radius 1 is 1.46 bits per heavy atom. The molecule has 1 radical (unpaired) electrons. The normalized spacial score (nSPS) is 19.0. The van der Waals surface area contributed by atoms with Crippen molar-refractivity contribution in [3.63, 3.8) is 0 Å². The van der Waals surface area contributed by atoms with Gasteiger partial charge in [-0.1, -0.05) is 0 Å². The van der Waals surface area contributed by atoms with Crippen LogP contribution in [0, 0.1) is 6.07 Å². The van der Waals surface area contributed by atoms with Crippen molar-refractivity contribution < 1.29 is 5.11 Å². The lowest BCUT2D eigenvalue weighted by Gasteiger charge is -2.30. The number of hydrogen-bond acceptors (Lipinski definition) is 3. The molecule has 1 aromatic heterocycles. The maximum absolute atomic E-state index is 9.32. The van der Waals surface area contributed by atoms with E-state index in [0.717, 1.165) is 31.6 Å². The Morgan fingerprint density at radius 2 is 2.23 bits per heavy atom. The van der Waals surface area contributed by atoms with Gasteiger partial charge in [0.25, 0.3) is 0 Å². The molecule has 0 aliphatic carbocycles. The van der Waals surface area contributed by atoms with E-state index in [0.29, 0.717) is 0 Å². The summed E-state index contributed by atoms with van der Waals surface area (Å²) in [5, 5.41) is 9.32. The molecule has 69 valence electrons. The van der Waals surface area contributed by atoms with Gasteiger partial charge in [-0.3, -0.25) is 4.98 Å². The number of anilines is 1. The lowest BCUT2D eigenvalue weighted by Crippen LogP contribution is -2.35. The van der Waals surface area contributed by atoms with Crippen LogP contribution in [-0.2, 0) is 0 Å². The smallest absolute Gasteiger partial charge is 0.0574 e. The molecule has 1 fully saturated rings. The van der Waals surface area contributed by atoms with Crippen LogP contribution < -0.4 is 4.90 Å². The summed E-state index contributed by atoms with van der Waals surface area (Å²) >= 11 is 0. The number of aliphatic hydroxyl groups is 1. The second kappa shape index (κ2) is 3.75. The number of piperidine rings is 1. The lowest BCUT2D eigenvalue weighted by molar-refractivity contribution is 0.145. The van der Waals surface area contributed by atoms with Gasteiger partial charge < -0.3 is 10.0 Å². The van der Waals surface area contributed by atoms with E-state index >= 15 is 0 Å². The summed E-state index contributed by atoms with van der Waals surface area (Å²) in [5.74, 6) is 0. The Kier molecular flexibility index (Phi) is 2.45. The molecule has 1 saturated heterocycles. The third kappa shape index (κ3) is 1.98. The molecule has 0 bridgehead atoms. The zero-order valence-corrected chi connectivity index (χ0v) is 7.48. The molecule has 1 aliphatic rings. The summed E-state index contributed by atoms with van der Waals surface area (Å²) in [6.45, 7) is 1.83. The molecule has 2 heterocycles. The quantitative estimate of drug-likeness (QED) is 0.690. The minimum Gasteiger partial charge on any atom is -0.393 e. The molecule has 0 atom stereocenters. The van der Waals surface area contributed by atoms with Crippen molar-refractivity contribution in [2.75, 3.05) is 18.0 Å². The Bertz CT molecular complexity index is 255. The molecule has 0 aromatic carbocycles. The monoisotopic (exact) mass is 177 g/mol. The van der Waals surface area contributed by atoms with Crippen molar-refractivity contribution in [2.45, 2.75) is 18.9 Å². The molecule has 13 heavy (non-hydrogen) atoms. The van der Waals surface area contributed by atoms with E-state index in [9.17, 15) is 5.11 Å². The first-order valence-electron chi connectivity index (χ1n) is 4.60. The predicted molar refractivity (Wildman–Crippen MR) is 50.5 cm³/mol. The van der Waals surface area contributed by atoms with Crippen LogP contribution >= 0.6 is 0 Å². The summed E-state index contributed by atoms with van der Waals surface area (Å²) in [6.07, 6.45) is 5.09. The van der Waals surface area contributed by atoms with Crippen LogP contribution in [0.5, 0.6) is 0 Å². The van der Waals surface area contributed by atoms with E-state index in [1.165, 1.54) is 0 Å². The summed E-state index contributed by atoms with van der Waals surface area (Å²) in [7, 11) is 0. The maximum Gasteiger partial charge on any atom is 0.0574 e. The Balaban J connectivity index is 2.03. The highest BCUT2D eigenvalue weighted by atomic mass is 16.3. The fourth-order valence-electron chi connectivity index (χ4n) is 1.61. The van der Waals surface area contributed by atoms with Crippen LogP contribution in [0.25, 0.3) is 0 Å². The van der Waals surface area contributed by atoms with Crippen LogP contribution in [-0.4, -0.2) is 29.3 Å². The van der Waals surface area contributed by atoms with Gasteiger partial charge in [0.1, 0.15) is 0 Å². The van der Waals surface area contributed by atoms with Crippen LogP contribution in [0.2, 0.25) is 0 Å². The van der Waals surface area contributed by atoms with Gasteiger partial charge in [0.05, 0.1) is 18.0 Å². The van der Waals surface area contributed by atoms with Gasteiger partial charge in [-0.2, -0.15) is 0 Å². The van der Waals surface area contributed by atoms with Crippen LogP contribution in [0.3, 0.4) is 0 Å². The first-order valence-corrected chi connectivity index (χ1v) is 4.60. The van der Waals surface area contributed by atoms with Gasteiger partial charge in [-0.25, -0.2) is 0 Å². The molecule has 0 spiro atoms. The molecule has 1 N–H and O–H groups in total. The minimum absolute atomic E-state index is 0.114. The third-order valence-corrected chi connectivity index (χ3v) is 2.42. The van der Waals surface area contributed by atoms with Gasteiger partial charge >= 0.3 is 0 Å². The highest BCUT2D eigenvalue weighted by Gasteiger charge is 2.16. The second-order valence-electron chi connectivity index (χ2n) is 3.36. The molecule has 1 aliphatic heterocycles. The first kappa shape index (κ1) is 8.51. The minimum atomic E-state index is -0.114. The summed E-state index contributed by atoms with van der Waals surface area (Å²) in [6, 6.07) is 4.89. The van der Waals surface area contributed by atoms with E-state index in [1.54, 1.807) is 6.20 Å². The van der Waals surface area contributed by atoms with E-state index in [-0.39, 0.29) is 6.10 Å². The number of hydrogen-bond donors (Lipinski definition) is 1. The van der Waals surface area contributed by atoms with Gasteiger partial charge in [-0.05, 0) is 18.9 Å². The molecule has 0 unspecified atom stereocenters. The van der Waals surface area contributed by atoms with Gasteiger partial charge in [0.15, 0.2) is 0 Å². The van der Waals surface area contributed by atoms with Crippen molar-refractivity contribution in [3.05, 3.63) is 24.5 Å². The second-order valence-corrected chi connectivity index (χ2v) is 3.36. The van der Waals surface area contributed by atoms with Crippen molar-refractivity contribution in [1.82, 2.24) is 4.98 Å². The third-order valence-electron chi connectivity index (χ3n) is 2.42. The molecule has 0 amide bonds. The average Bonchev–Trinajstić information content (AvgIpc) is 2.20. The summed E-state index contributed by atoms with van der Waals surface area (Å²) in [4.78, 5) is 6.25. The fraction of sp³-hybridized carbons (Fsp3) is 0.500. The van der Waals surface area contributed by atoms with Crippen molar-refractivity contribution in [3.8, 4) is 0 Å². The van der Waals surface area contributed by atoms with Crippen LogP contribution in [0.4, 0.5) is 5.69 Å². The zero-order valence-electron chi connectivity index (χ0n) is 7.48. The van der Waals surface area contributed by atoms with Crippen molar-refractivity contribution >= 4 is 5.69 Å². The predicted octanol–water partition coefficient (Wildman–Crippen LogP) is 0.843. The first-order chi connectivity index (χ1) is 6.36. The largest absolute Gasteiger partial charge is 0.393 e. The van der Waals surface area contributed by atoms with E-state index in [2.05, 4.69) is 16.0 Å². The van der Waals surface area contributed by atoms with Gasteiger partial charge in [0.2, 0.25) is 0 Å². The molecule has 0 saturated carbocycles. The molecule has 3 heteroatoms. The zero-order chi connectivity index (χ0) is 9.10. The number of aliphatic hydroxyl groups excluding tert-OH is 1. The molecule has 2 rings (SSSR count). The van der Waals surface area contributed by atoms with E-state index < -0.39 is 0 Å². The van der Waals surface area contributed by atoms with E-state index in [4.69, 9.17) is 0 Å². The number of nitrogens with zero attached hydrogens (tertiary/aromatic N) is 2. The topological polar surface area (TPSA) is 36.4 Å². The highest BCUT2D eigenvalue weighted by Crippen LogP contribution is 2.17. The summed E-state index contributed by atoms with van der Waals surface area (Å²) < 4.78 is 0. The highest BCUT2D eigenvalue weighted by molar-refractivity contribution is 5.43. The van der Waals surface area contributed by atoms with Crippen molar-refractivity contribution in [2.24, 2.45) is 0 Å². The summed E-state index contributed by atoms with van der Waals surface area (Å²) in [5.41, 5.74) is 1.11. The number of aromatic nitrogens is 1. The van der Waals surface area contributed by atoms with E-state index in [1.807, 2.05) is 12.3 Å². The molecule has 3 nitrogen and oxygen atoms in total. The Hall–Kier alpha value is -1.09. The Labute approximate surface area is 78.0 Å². The van der Waals surface area contributed by atoms with Crippen molar-refractivity contribution in [1.29, 1.82) is 0 Å². The fourth-order valence-corrected chi connectivity index (χ4v) is 1.61. The number of rotatable bonds is 1. The standard InChI is InChI=1S/C10H13N2O/c13-10-3-6-12(7-4-10)9-2-1-5-11-8-9/h2,5,8,10,13H,3-4,6-7H2. The maximum atomic E-state index is 9.32. The van der Waals surface area contributed by atoms with Crippen LogP contribution in [0.1, 0.15) is 12.8 Å². The molecular formula is C10H13N2O.